The van der Waals surface area contributed by atoms with Gasteiger partial charge in [0.05, 0.1) is 19.3 Å². The molecule has 1 N–H and O–H groups in total. The van der Waals surface area contributed by atoms with Gasteiger partial charge >= 0.3 is 0 Å². The van der Waals surface area contributed by atoms with Crippen molar-refractivity contribution in [2.45, 2.75) is 31.6 Å². The third-order valence-electron chi connectivity index (χ3n) is 4.54. The fourth-order valence-corrected chi connectivity index (χ4v) is 3.25. The van der Waals surface area contributed by atoms with Gasteiger partial charge in [0.15, 0.2) is 5.76 Å². The molecule has 0 aliphatic carbocycles. The van der Waals surface area contributed by atoms with Gasteiger partial charge in [0.2, 0.25) is 0 Å². The second-order valence-corrected chi connectivity index (χ2v) is 6.13. The van der Waals surface area contributed by atoms with Crippen molar-refractivity contribution in [1.82, 2.24) is 4.90 Å². The molecule has 0 unspecified atom stereocenters. The van der Waals surface area contributed by atoms with Crippen LogP contribution >= 0.6 is 0 Å². The number of carbonyl (C=O) groups excluding carboxylic acids is 1. The molecule has 6 nitrogen and oxygen atoms in total. The van der Waals surface area contributed by atoms with Crippen LogP contribution in [0, 0.1) is 0 Å². The van der Waals surface area contributed by atoms with Crippen molar-refractivity contribution in [3.63, 3.8) is 0 Å². The molecule has 2 aromatic rings. The Kier molecular flexibility index (Phi) is 5.40. The summed E-state index contributed by atoms with van der Waals surface area (Å²) in [6, 6.07) is 10.4. The molecule has 134 valence electrons. The highest BCUT2D eigenvalue weighted by molar-refractivity contribution is 5.92. The van der Waals surface area contributed by atoms with E-state index >= 15 is 0 Å². The van der Waals surface area contributed by atoms with Crippen molar-refractivity contribution < 1.29 is 23.8 Å². The lowest BCUT2D eigenvalue weighted by atomic mass is 10.00. The summed E-state index contributed by atoms with van der Waals surface area (Å²) in [7, 11) is 3.18. The van der Waals surface area contributed by atoms with Gasteiger partial charge in [-0.1, -0.05) is 12.1 Å². The van der Waals surface area contributed by atoms with Gasteiger partial charge in [-0.2, -0.15) is 0 Å². The van der Waals surface area contributed by atoms with Crippen LogP contribution in [-0.4, -0.2) is 42.7 Å². The Morgan fingerprint density at radius 2 is 2.04 bits per heavy atom. The standard InChI is InChI=1S/C19H23NO5/c1-23-12-15-9-10-17(25-15)19(22)20-11-3-4-16(20)18(21)13-5-7-14(24-2)8-6-13/h5-10,16,18,21H,3-4,11-12H2,1-2H3/t16-,18-/m1/s1. The van der Waals surface area contributed by atoms with Crippen molar-refractivity contribution >= 4 is 5.91 Å². The molecule has 1 saturated heterocycles. The molecule has 0 radical (unpaired) electrons. The van der Waals surface area contributed by atoms with Crippen LogP contribution in [0.25, 0.3) is 0 Å². The third kappa shape index (κ3) is 3.70. The van der Waals surface area contributed by atoms with Crippen molar-refractivity contribution in [2.24, 2.45) is 0 Å². The Morgan fingerprint density at radius 3 is 2.72 bits per heavy atom. The Hall–Kier alpha value is -2.31. The molecule has 3 rings (SSSR count). The van der Waals surface area contributed by atoms with Crippen LogP contribution in [0.2, 0.25) is 0 Å². The van der Waals surface area contributed by atoms with E-state index in [4.69, 9.17) is 13.9 Å². The van der Waals surface area contributed by atoms with Crippen molar-refractivity contribution in [1.29, 1.82) is 0 Å². The first kappa shape index (κ1) is 17.5. The molecule has 1 aromatic heterocycles. The number of nitrogens with zero attached hydrogens (tertiary/aromatic N) is 1. The van der Waals surface area contributed by atoms with E-state index in [1.54, 1.807) is 31.3 Å². The first-order valence-electron chi connectivity index (χ1n) is 8.34. The monoisotopic (exact) mass is 345 g/mol. The van der Waals surface area contributed by atoms with Crippen LogP contribution in [0.15, 0.2) is 40.8 Å². The number of furan rings is 1. The van der Waals surface area contributed by atoms with Gasteiger partial charge < -0.3 is 23.9 Å². The van der Waals surface area contributed by atoms with Gasteiger partial charge in [-0.05, 0) is 42.7 Å². The van der Waals surface area contributed by atoms with E-state index in [-0.39, 0.29) is 17.7 Å². The molecular formula is C19H23NO5. The van der Waals surface area contributed by atoms with E-state index in [9.17, 15) is 9.90 Å². The zero-order chi connectivity index (χ0) is 17.8. The number of amides is 1. The maximum Gasteiger partial charge on any atom is 0.289 e. The third-order valence-corrected chi connectivity index (χ3v) is 4.54. The lowest BCUT2D eigenvalue weighted by molar-refractivity contribution is 0.0456. The maximum absolute atomic E-state index is 12.8. The van der Waals surface area contributed by atoms with Gasteiger partial charge in [0.25, 0.3) is 5.91 Å². The zero-order valence-electron chi connectivity index (χ0n) is 14.5. The molecule has 25 heavy (non-hydrogen) atoms. The van der Waals surface area contributed by atoms with E-state index in [0.29, 0.717) is 18.9 Å². The van der Waals surface area contributed by atoms with Gasteiger partial charge in [-0.15, -0.1) is 0 Å². The number of carbonyl (C=O) groups is 1. The number of likely N-dealkylation sites (tertiary alicyclic amines) is 1. The number of rotatable bonds is 6. The lowest BCUT2D eigenvalue weighted by Crippen LogP contribution is -2.39. The topological polar surface area (TPSA) is 72.1 Å². The highest BCUT2D eigenvalue weighted by atomic mass is 16.5. The molecule has 1 aliphatic heterocycles. The van der Waals surface area contributed by atoms with Gasteiger partial charge in [-0.25, -0.2) is 0 Å². The second kappa shape index (κ2) is 7.72. The van der Waals surface area contributed by atoms with E-state index in [1.807, 2.05) is 24.3 Å². The smallest absolute Gasteiger partial charge is 0.289 e. The van der Waals surface area contributed by atoms with Crippen molar-refractivity contribution in [3.05, 3.63) is 53.5 Å². The van der Waals surface area contributed by atoms with Gasteiger partial charge in [-0.3, -0.25) is 4.79 Å². The van der Waals surface area contributed by atoms with E-state index in [1.165, 1.54) is 0 Å². The molecule has 0 bridgehead atoms. The molecule has 1 amide bonds. The Labute approximate surface area is 147 Å². The minimum absolute atomic E-state index is 0.197. The zero-order valence-corrected chi connectivity index (χ0v) is 14.5. The van der Waals surface area contributed by atoms with Crippen LogP contribution in [0.3, 0.4) is 0 Å². The van der Waals surface area contributed by atoms with Crippen LogP contribution in [0.4, 0.5) is 0 Å². The van der Waals surface area contributed by atoms with Gasteiger partial charge in [0, 0.05) is 13.7 Å². The highest BCUT2D eigenvalue weighted by Crippen LogP contribution is 2.31. The Morgan fingerprint density at radius 1 is 1.28 bits per heavy atom. The SMILES string of the molecule is COCc1ccc(C(=O)N2CCC[C@@H]2[C@H](O)c2ccc(OC)cc2)o1. The van der Waals surface area contributed by atoms with Crippen LogP contribution < -0.4 is 4.74 Å². The molecule has 1 aliphatic rings. The predicted octanol–water partition coefficient (Wildman–Crippen LogP) is 2.77. The minimum Gasteiger partial charge on any atom is -0.497 e. The highest BCUT2D eigenvalue weighted by Gasteiger charge is 2.36. The quantitative estimate of drug-likeness (QED) is 0.872. The molecule has 6 heteroatoms. The van der Waals surface area contributed by atoms with Crippen LogP contribution in [0.1, 0.15) is 40.8 Å². The van der Waals surface area contributed by atoms with Gasteiger partial charge in [0.1, 0.15) is 18.1 Å². The summed E-state index contributed by atoms with van der Waals surface area (Å²) in [4.78, 5) is 14.5. The number of methoxy groups -OCH3 is 2. The fraction of sp³-hybridized carbons (Fsp3) is 0.421. The maximum atomic E-state index is 12.8. The second-order valence-electron chi connectivity index (χ2n) is 6.13. The summed E-state index contributed by atoms with van der Waals surface area (Å²) in [5.41, 5.74) is 0.769. The van der Waals surface area contributed by atoms with Crippen molar-refractivity contribution in [2.75, 3.05) is 20.8 Å². The number of hydrogen-bond donors (Lipinski definition) is 1. The summed E-state index contributed by atoms with van der Waals surface area (Å²) in [6.45, 7) is 0.933. The van der Waals surface area contributed by atoms with E-state index in [2.05, 4.69) is 0 Å². The summed E-state index contributed by atoms with van der Waals surface area (Å²) in [5.74, 6) is 1.42. The molecule has 1 aromatic carbocycles. The number of ether oxygens (including phenoxy) is 2. The molecule has 0 spiro atoms. The normalized spacial score (nSPS) is 18.4. The largest absolute Gasteiger partial charge is 0.497 e. The Balaban J connectivity index is 1.75. The van der Waals surface area contributed by atoms with E-state index in [0.717, 1.165) is 24.2 Å². The summed E-state index contributed by atoms with van der Waals surface area (Å²) in [5, 5.41) is 10.8. The molecule has 1 fully saturated rings. The summed E-state index contributed by atoms with van der Waals surface area (Å²) in [6.07, 6.45) is 0.866. The fourth-order valence-electron chi connectivity index (χ4n) is 3.25. The average molecular weight is 345 g/mol. The first-order valence-corrected chi connectivity index (χ1v) is 8.34. The predicted molar refractivity (Wildman–Crippen MR) is 91.4 cm³/mol. The minimum atomic E-state index is -0.745. The molecule has 2 heterocycles. The van der Waals surface area contributed by atoms with Crippen molar-refractivity contribution in [3.8, 4) is 5.75 Å². The summed E-state index contributed by atoms with van der Waals surface area (Å²) < 4.78 is 15.7. The number of hydrogen-bond acceptors (Lipinski definition) is 5. The average Bonchev–Trinajstić information content (AvgIpc) is 3.30. The Bertz CT molecular complexity index is 709. The number of benzene rings is 1. The number of aliphatic hydroxyl groups excluding tert-OH is 1. The molecular weight excluding hydrogens is 322 g/mol. The van der Waals surface area contributed by atoms with Crippen LogP contribution in [0.5, 0.6) is 5.75 Å². The molecule has 2 atom stereocenters. The molecule has 0 saturated carbocycles. The lowest BCUT2D eigenvalue weighted by Gasteiger charge is -2.28. The van der Waals surface area contributed by atoms with Crippen LogP contribution in [-0.2, 0) is 11.3 Å². The van der Waals surface area contributed by atoms with E-state index < -0.39 is 6.10 Å². The first-order chi connectivity index (χ1) is 12.1. The number of aliphatic hydroxyl groups is 1. The summed E-state index contributed by atoms with van der Waals surface area (Å²) >= 11 is 0.